The first-order valence-electron chi connectivity index (χ1n) is 5.83. The molecule has 6 nitrogen and oxygen atoms in total. The number of urea groups is 1. The number of methoxy groups -OCH3 is 1. The average Bonchev–Trinajstić information content (AvgIpc) is 2.37. The van der Waals surface area contributed by atoms with Crippen LogP contribution in [0.1, 0.15) is 12.0 Å². The minimum atomic E-state index is -0.937. The van der Waals surface area contributed by atoms with Crippen molar-refractivity contribution in [2.75, 3.05) is 26.0 Å². The van der Waals surface area contributed by atoms with Crippen LogP contribution in [0.25, 0.3) is 0 Å². The van der Waals surface area contributed by atoms with Gasteiger partial charge < -0.3 is 20.1 Å². The summed E-state index contributed by atoms with van der Waals surface area (Å²) in [4.78, 5) is 23.7. The second-order valence-electron chi connectivity index (χ2n) is 4.15. The summed E-state index contributed by atoms with van der Waals surface area (Å²) in [5, 5.41) is 11.3. The van der Waals surface area contributed by atoms with Crippen LogP contribution in [0.5, 0.6) is 5.75 Å². The van der Waals surface area contributed by atoms with E-state index in [1.165, 1.54) is 12.0 Å². The van der Waals surface area contributed by atoms with Gasteiger partial charge in [-0.2, -0.15) is 0 Å². The summed E-state index contributed by atoms with van der Waals surface area (Å²) in [5.74, 6) is -0.367. The van der Waals surface area contributed by atoms with Gasteiger partial charge in [0.2, 0.25) is 0 Å². The topological polar surface area (TPSA) is 78.9 Å². The normalized spacial score (nSPS) is 9.84. The molecule has 0 aliphatic carbocycles. The Bertz CT molecular complexity index is 474. The molecule has 0 unspecified atom stereocenters. The number of hydrogen-bond donors (Lipinski definition) is 2. The molecule has 104 valence electrons. The molecular formula is C13H18N2O4. The summed E-state index contributed by atoms with van der Waals surface area (Å²) in [7, 11) is 3.07. The Morgan fingerprint density at radius 3 is 2.68 bits per heavy atom. The first-order chi connectivity index (χ1) is 8.95. The van der Waals surface area contributed by atoms with Crippen LogP contribution in [0.15, 0.2) is 18.2 Å². The average molecular weight is 266 g/mol. The van der Waals surface area contributed by atoms with Gasteiger partial charge in [0.05, 0.1) is 19.2 Å². The third-order valence-corrected chi connectivity index (χ3v) is 2.69. The molecule has 0 aliphatic rings. The zero-order valence-electron chi connectivity index (χ0n) is 11.3. The molecule has 2 amide bonds. The highest BCUT2D eigenvalue weighted by molar-refractivity contribution is 5.92. The molecule has 0 atom stereocenters. The molecule has 2 N–H and O–H groups in total. The van der Waals surface area contributed by atoms with Crippen molar-refractivity contribution >= 4 is 17.7 Å². The maximum absolute atomic E-state index is 11.9. The zero-order valence-corrected chi connectivity index (χ0v) is 11.3. The lowest BCUT2D eigenvalue weighted by atomic mass is 10.2. The summed E-state index contributed by atoms with van der Waals surface area (Å²) in [6.07, 6.45) is -0.0885. The molecule has 0 fully saturated rings. The van der Waals surface area contributed by atoms with E-state index < -0.39 is 5.97 Å². The fraction of sp³-hybridized carbons (Fsp3) is 0.385. The SMILES string of the molecule is COc1cccc(C)c1NC(=O)N(C)CCC(=O)O. The van der Waals surface area contributed by atoms with E-state index in [0.29, 0.717) is 11.4 Å². The van der Waals surface area contributed by atoms with Gasteiger partial charge in [-0.25, -0.2) is 4.79 Å². The summed E-state index contributed by atoms with van der Waals surface area (Å²) in [5.41, 5.74) is 1.47. The summed E-state index contributed by atoms with van der Waals surface area (Å²) in [6.45, 7) is 2.00. The molecule has 0 aliphatic heterocycles. The number of nitrogens with zero attached hydrogens (tertiary/aromatic N) is 1. The lowest BCUT2D eigenvalue weighted by Crippen LogP contribution is -2.33. The van der Waals surface area contributed by atoms with Crippen LogP contribution in [0, 0.1) is 6.92 Å². The van der Waals surface area contributed by atoms with Crippen LogP contribution in [0.2, 0.25) is 0 Å². The molecule has 6 heteroatoms. The number of nitrogens with one attached hydrogen (secondary N) is 1. The van der Waals surface area contributed by atoms with E-state index in [4.69, 9.17) is 9.84 Å². The van der Waals surface area contributed by atoms with Crippen molar-refractivity contribution in [3.63, 3.8) is 0 Å². The van der Waals surface area contributed by atoms with Gasteiger partial charge in [-0.3, -0.25) is 4.79 Å². The number of carboxylic acid groups (broad SMARTS) is 1. The number of aliphatic carboxylic acids is 1. The van der Waals surface area contributed by atoms with Gasteiger partial charge in [0.1, 0.15) is 5.75 Å². The number of amides is 2. The zero-order chi connectivity index (χ0) is 14.4. The third kappa shape index (κ3) is 4.17. The van der Waals surface area contributed by atoms with Crippen molar-refractivity contribution in [1.29, 1.82) is 0 Å². The highest BCUT2D eigenvalue weighted by Crippen LogP contribution is 2.27. The van der Waals surface area contributed by atoms with Gasteiger partial charge in [-0.15, -0.1) is 0 Å². The second-order valence-corrected chi connectivity index (χ2v) is 4.15. The van der Waals surface area contributed by atoms with Gasteiger partial charge in [0.15, 0.2) is 0 Å². The highest BCUT2D eigenvalue weighted by atomic mass is 16.5. The van der Waals surface area contributed by atoms with Crippen molar-refractivity contribution in [2.24, 2.45) is 0 Å². The van der Waals surface area contributed by atoms with Gasteiger partial charge >= 0.3 is 12.0 Å². The smallest absolute Gasteiger partial charge is 0.321 e. The minimum absolute atomic E-state index is 0.0885. The largest absolute Gasteiger partial charge is 0.495 e. The lowest BCUT2D eigenvalue weighted by Gasteiger charge is -2.19. The number of aryl methyl sites for hydroxylation is 1. The van der Waals surface area contributed by atoms with Crippen LogP contribution < -0.4 is 10.1 Å². The quantitative estimate of drug-likeness (QED) is 0.853. The summed E-state index contributed by atoms with van der Waals surface area (Å²) < 4.78 is 5.18. The Kier molecular flexibility index (Phi) is 5.17. The van der Waals surface area contributed by atoms with Gasteiger partial charge in [-0.1, -0.05) is 12.1 Å². The Morgan fingerprint density at radius 2 is 2.11 bits per heavy atom. The Balaban J connectivity index is 2.74. The van der Waals surface area contributed by atoms with Crippen molar-refractivity contribution in [1.82, 2.24) is 4.90 Å². The molecule has 0 bridgehead atoms. The van der Waals surface area contributed by atoms with Crippen molar-refractivity contribution < 1.29 is 19.4 Å². The Morgan fingerprint density at radius 1 is 1.42 bits per heavy atom. The van der Waals surface area contributed by atoms with Gasteiger partial charge in [0, 0.05) is 13.6 Å². The summed E-state index contributed by atoms with van der Waals surface area (Å²) >= 11 is 0. The molecule has 0 saturated carbocycles. The van der Waals surface area contributed by atoms with E-state index in [2.05, 4.69) is 5.32 Å². The first-order valence-corrected chi connectivity index (χ1v) is 5.83. The monoisotopic (exact) mass is 266 g/mol. The molecular weight excluding hydrogens is 248 g/mol. The standard InChI is InChI=1S/C13H18N2O4/c1-9-5-4-6-10(19-3)12(9)14-13(18)15(2)8-7-11(16)17/h4-6H,7-8H2,1-3H3,(H,14,18)(H,16,17). The number of carboxylic acids is 1. The minimum Gasteiger partial charge on any atom is -0.495 e. The number of para-hydroxylation sites is 1. The van der Waals surface area contributed by atoms with E-state index in [9.17, 15) is 9.59 Å². The molecule has 0 saturated heterocycles. The maximum atomic E-state index is 11.9. The van der Waals surface area contributed by atoms with Crippen molar-refractivity contribution in [3.8, 4) is 5.75 Å². The predicted molar refractivity (Wildman–Crippen MR) is 71.6 cm³/mol. The number of carbonyl (C=O) groups excluding carboxylic acids is 1. The van der Waals surface area contributed by atoms with E-state index in [1.807, 2.05) is 19.1 Å². The molecule has 1 rings (SSSR count). The van der Waals surface area contributed by atoms with Crippen molar-refractivity contribution in [3.05, 3.63) is 23.8 Å². The van der Waals surface area contributed by atoms with Crippen LogP contribution in [0.3, 0.4) is 0 Å². The molecule has 19 heavy (non-hydrogen) atoms. The predicted octanol–water partition coefficient (Wildman–Crippen LogP) is 1.94. The first kappa shape index (κ1) is 14.8. The number of anilines is 1. The number of ether oxygens (including phenoxy) is 1. The summed E-state index contributed by atoms with van der Waals surface area (Å²) in [6, 6.07) is 5.07. The number of carbonyl (C=O) groups is 2. The second kappa shape index (κ2) is 6.63. The van der Waals surface area contributed by atoms with Gasteiger partial charge in [0.25, 0.3) is 0 Å². The Labute approximate surface area is 112 Å². The molecule has 1 aromatic carbocycles. The van der Waals surface area contributed by atoms with Crippen molar-refractivity contribution in [2.45, 2.75) is 13.3 Å². The number of benzene rings is 1. The molecule has 1 aromatic rings. The fourth-order valence-electron chi connectivity index (χ4n) is 1.54. The molecule has 0 heterocycles. The number of hydrogen-bond acceptors (Lipinski definition) is 3. The highest BCUT2D eigenvalue weighted by Gasteiger charge is 2.14. The molecule has 0 spiro atoms. The van der Waals surface area contributed by atoms with E-state index >= 15 is 0 Å². The maximum Gasteiger partial charge on any atom is 0.321 e. The number of rotatable bonds is 5. The lowest BCUT2D eigenvalue weighted by molar-refractivity contribution is -0.137. The van der Waals surface area contributed by atoms with Gasteiger partial charge in [-0.05, 0) is 18.6 Å². The van der Waals surface area contributed by atoms with E-state index in [-0.39, 0.29) is 19.0 Å². The Hall–Kier alpha value is -2.24. The third-order valence-electron chi connectivity index (χ3n) is 2.69. The van der Waals surface area contributed by atoms with Crippen LogP contribution in [0.4, 0.5) is 10.5 Å². The van der Waals surface area contributed by atoms with E-state index in [1.54, 1.807) is 13.1 Å². The fourth-order valence-corrected chi connectivity index (χ4v) is 1.54. The van der Waals surface area contributed by atoms with E-state index in [0.717, 1.165) is 5.56 Å². The molecule has 0 radical (unpaired) electrons. The van der Waals surface area contributed by atoms with Crippen LogP contribution in [-0.4, -0.2) is 42.7 Å². The van der Waals surface area contributed by atoms with Crippen LogP contribution in [-0.2, 0) is 4.79 Å². The molecule has 0 aromatic heterocycles. The van der Waals surface area contributed by atoms with Crippen LogP contribution >= 0.6 is 0 Å².